The van der Waals surface area contributed by atoms with Gasteiger partial charge in [-0.3, -0.25) is 9.78 Å². The quantitative estimate of drug-likeness (QED) is 0.660. The molecule has 21 heavy (non-hydrogen) atoms. The average molecular weight is 359 g/mol. The minimum atomic E-state index is -0.180. The largest absolute Gasteiger partial charge is 0.322 e. The maximum Gasteiger partial charge on any atom is 0.256 e. The number of hydrogen-bond donors (Lipinski definition) is 2. The number of nitrogens with one attached hydrogen (secondary N) is 1. The summed E-state index contributed by atoms with van der Waals surface area (Å²) in [4.78, 5) is 17.3. The van der Waals surface area contributed by atoms with Gasteiger partial charge >= 0.3 is 0 Å². The first-order valence-corrected chi connectivity index (χ1v) is 7.52. The van der Waals surface area contributed by atoms with Gasteiger partial charge in [-0.2, -0.15) is 0 Å². The Morgan fingerprint density at radius 1 is 1.14 bits per heavy atom. The summed E-state index contributed by atoms with van der Waals surface area (Å²) in [5.41, 5.74) is 2.18. The lowest BCUT2D eigenvalue weighted by Crippen LogP contribution is -2.12. The monoisotopic (exact) mass is 358 g/mol. The van der Waals surface area contributed by atoms with E-state index in [1.807, 2.05) is 42.5 Å². The van der Waals surface area contributed by atoms with Gasteiger partial charge in [0.2, 0.25) is 0 Å². The summed E-state index contributed by atoms with van der Waals surface area (Å²) in [6.45, 7) is 0. The number of amides is 1. The fourth-order valence-electron chi connectivity index (χ4n) is 2.04. The Morgan fingerprint density at radius 3 is 2.86 bits per heavy atom. The number of rotatable bonds is 2. The molecule has 0 aliphatic heterocycles. The molecule has 1 heterocycles. The molecule has 3 nitrogen and oxygen atoms in total. The lowest BCUT2D eigenvalue weighted by atomic mass is 10.1. The van der Waals surface area contributed by atoms with Crippen molar-refractivity contribution >= 4 is 51.1 Å². The molecule has 1 amide bonds. The fourth-order valence-corrected chi connectivity index (χ4v) is 2.67. The number of benzene rings is 2. The number of fused-ring (bicyclic) bond motifs is 1. The van der Waals surface area contributed by atoms with Gasteiger partial charge in [0, 0.05) is 26.6 Å². The second-order valence-corrected chi connectivity index (χ2v) is 5.90. The van der Waals surface area contributed by atoms with Crippen molar-refractivity contribution in [3.05, 3.63) is 64.8 Å². The Bertz CT molecular complexity index is 835. The predicted molar refractivity (Wildman–Crippen MR) is 91.1 cm³/mol. The normalized spacial score (nSPS) is 10.6. The van der Waals surface area contributed by atoms with Crippen LogP contribution in [0.15, 0.2) is 64.1 Å². The Morgan fingerprint density at radius 2 is 2.00 bits per heavy atom. The lowest BCUT2D eigenvalue weighted by Gasteiger charge is -2.08. The number of thiol groups is 1. The van der Waals surface area contributed by atoms with Crippen LogP contribution in [0.2, 0.25) is 0 Å². The van der Waals surface area contributed by atoms with E-state index in [-0.39, 0.29) is 5.91 Å². The van der Waals surface area contributed by atoms with E-state index in [0.717, 1.165) is 26.0 Å². The maximum atomic E-state index is 12.3. The average Bonchev–Trinajstić information content (AvgIpc) is 2.49. The first-order valence-electron chi connectivity index (χ1n) is 6.28. The van der Waals surface area contributed by atoms with Crippen LogP contribution < -0.4 is 5.32 Å². The first-order chi connectivity index (χ1) is 10.1. The van der Waals surface area contributed by atoms with Crippen LogP contribution in [-0.2, 0) is 0 Å². The Kier molecular flexibility index (Phi) is 3.94. The minimum Gasteiger partial charge on any atom is -0.322 e. The topological polar surface area (TPSA) is 42.0 Å². The predicted octanol–water partition coefficient (Wildman–Crippen LogP) is 4.54. The molecule has 0 aliphatic rings. The van der Waals surface area contributed by atoms with Crippen molar-refractivity contribution in [1.29, 1.82) is 0 Å². The number of pyridine rings is 1. The van der Waals surface area contributed by atoms with Crippen molar-refractivity contribution in [2.24, 2.45) is 0 Å². The van der Waals surface area contributed by atoms with E-state index >= 15 is 0 Å². The van der Waals surface area contributed by atoms with Gasteiger partial charge in [-0.05, 0) is 58.4 Å². The highest BCUT2D eigenvalue weighted by atomic mass is 79.9. The number of anilines is 1. The number of nitrogens with zero attached hydrogens (tertiary/aromatic N) is 1. The van der Waals surface area contributed by atoms with Crippen molar-refractivity contribution in [1.82, 2.24) is 4.98 Å². The van der Waals surface area contributed by atoms with Crippen molar-refractivity contribution in [2.45, 2.75) is 4.90 Å². The van der Waals surface area contributed by atoms with E-state index in [2.05, 4.69) is 38.9 Å². The molecular formula is C16H11BrN2OS. The molecule has 3 aromatic rings. The molecule has 0 saturated carbocycles. The van der Waals surface area contributed by atoms with Crippen LogP contribution >= 0.6 is 28.6 Å². The van der Waals surface area contributed by atoms with Crippen LogP contribution in [-0.4, -0.2) is 10.9 Å². The van der Waals surface area contributed by atoms with E-state index < -0.39 is 0 Å². The van der Waals surface area contributed by atoms with E-state index in [4.69, 9.17) is 0 Å². The van der Waals surface area contributed by atoms with Gasteiger partial charge in [0.25, 0.3) is 5.91 Å². The molecule has 0 aliphatic carbocycles. The summed E-state index contributed by atoms with van der Waals surface area (Å²) in [5.74, 6) is -0.180. The molecule has 0 unspecified atom stereocenters. The van der Waals surface area contributed by atoms with E-state index in [0.29, 0.717) is 5.56 Å². The van der Waals surface area contributed by atoms with Gasteiger partial charge in [0.15, 0.2) is 0 Å². The highest BCUT2D eigenvalue weighted by Gasteiger charge is 2.11. The van der Waals surface area contributed by atoms with Crippen molar-refractivity contribution in [2.75, 3.05) is 5.32 Å². The number of aromatic nitrogens is 1. The second-order valence-electron chi connectivity index (χ2n) is 4.53. The zero-order valence-corrected chi connectivity index (χ0v) is 13.4. The fraction of sp³-hybridized carbons (Fsp3) is 0. The summed E-state index contributed by atoms with van der Waals surface area (Å²) < 4.78 is 0.736. The third kappa shape index (κ3) is 3.09. The van der Waals surface area contributed by atoms with Crippen LogP contribution in [0.4, 0.5) is 5.69 Å². The first kappa shape index (κ1) is 14.1. The number of carbonyl (C=O) groups excluding carboxylic acids is 1. The highest BCUT2D eigenvalue weighted by molar-refractivity contribution is 9.10. The molecule has 104 valence electrons. The van der Waals surface area contributed by atoms with Gasteiger partial charge in [0.05, 0.1) is 11.1 Å². The van der Waals surface area contributed by atoms with Gasteiger partial charge in [-0.1, -0.05) is 6.07 Å². The Labute approximate surface area is 135 Å². The molecule has 0 atom stereocenters. The molecule has 3 rings (SSSR count). The molecule has 1 aromatic heterocycles. The van der Waals surface area contributed by atoms with Gasteiger partial charge in [-0.15, -0.1) is 12.6 Å². The van der Waals surface area contributed by atoms with Crippen molar-refractivity contribution in [3.63, 3.8) is 0 Å². The number of carbonyl (C=O) groups is 1. The molecule has 2 aromatic carbocycles. The van der Waals surface area contributed by atoms with E-state index in [1.54, 1.807) is 12.3 Å². The van der Waals surface area contributed by atoms with Gasteiger partial charge in [-0.25, -0.2) is 0 Å². The molecular weight excluding hydrogens is 348 g/mol. The summed E-state index contributed by atoms with van der Waals surface area (Å²) in [5, 5.41) is 3.87. The highest BCUT2D eigenvalue weighted by Crippen LogP contribution is 2.22. The van der Waals surface area contributed by atoms with Crippen LogP contribution in [0.5, 0.6) is 0 Å². The van der Waals surface area contributed by atoms with Crippen LogP contribution in [0.3, 0.4) is 0 Å². The lowest BCUT2D eigenvalue weighted by molar-refractivity contribution is 0.102. The van der Waals surface area contributed by atoms with E-state index in [9.17, 15) is 4.79 Å². The molecule has 0 fully saturated rings. The standard InChI is InChI=1S/C16H11BrN2OS/c17-14-5-4-12(21)9-13(14)16(20)19-11-3-6-15-10(8-11)2-1-7-18-15/h1-9,21H,(H,19,20). The van der Waals surface area contributed by atoms with Gasteiger partial charge < -0.3 is 5.32 Å². The molecule has 1 N–H and O–H groups in total. The van der Waals surface area contributed by atoms with Crippen LogP contribution in [0.25, 0.3) is 10.9 Å². The molecule has 0 radical (unpaired) electrons. The van der Waals surface area contributed by atoms with Gasteiger partial charge in [0.1, 0.15) is 0 Å². The SMILES string of the molecule is O=C(Nc1ccc2ncccc2c1)c1cc(S)ccc1Br. The Balaban J connectivity index is 1.90. The Hall–Kier alpha value is -1.85. The summed E-state index contributed by atoms with van der Waals surface area (Å²) in [6.07, 6.45) is 1.75. The molecule has 5 heteroatoms. The maximum absolute atomic E-state index is 12.3. The van der Waals surface area contributed by atoms with Crippen LogP contribution in [0, 0.1) is 0 Å². The molecule has 0 saturated heterocycles. The van der Waals surface area contributed by atoms with Crippen molar-refractivity contribution < 1.29 is 4.79 Å². The zero-order chi connectivity index (χ0) is 14.8. The summed E-state index contributed by atoms with van der Waals surface area (Å²) in [7, 11) is 0. The van der Waals surface area contributed by atoms with E-state index in [1.165, 1.54) is 0 Å². The molecule has 0 spiro atoms. The third-order valence-electron chi connectivity index (χ3n) is 3.06. The number of hydrogen-bond acceptors (Lipinski definition) is 3. The summed E-state index contributed by atoms with van der Waals surface area (Å²) >= 11 is 7.64. The molecule has 0 bridgehead atoms. The summed E-state index contributed by atoms with van der Waals surface area (Å²) in [6, 6.07) is 14.8. The second kappa shape index (κ2) is 5.87. The number of halogens is 1. The van der Waals surface area contributed by atoms with Crippen molar-refractivity contribution in [3.8, 4) is 0 Å². The minimum absolute atomic E-state index is 0.180. The third-order valence-corrected chi connectivity index (χ3v) is 4.03. The smallest absolute Gasteiger partial charge is 0.256 e. The van der Waals surface area contributed by atoms with Crippen LogP contribution in [0.1, 0.15) is 10.4 Å². The zero-order valence-electron chi connectivity index (χ0n) is 10.9.